The highest BCUT2D eigenvalue weighted by Gasteiger charge is 2.45. The van der Waals surface area contributed by atoms with Crippen molar-refractivity contribution < 1.29 is 19.1 Å². The molecule has 1 fully saturated rings. The van der Waals surface area contributed by atoms with Crippen molar-refractivity contribution in [2.24, 2.45) is 0 Å². The molecule has 30 heavy (non-hydrogen) atoms. The highest BCUT2D eigenvalue weighted by molar-refractivity contribution is 6.31. The number of likely N-dealkylation sites (tertiary alicyclic amines) is 1. The molecule has 8 heteroatoms. The fourth-order valence-electron chi connectivity index (χ4n) is 4.23. The first kappa shape index (κ1) is 20.3. The number of methoxy groups -OCH3 is 2. The monoisotopic (exact) mass is 429 g/mol. The molecule has 0 saturated carbocycles. The topological polar surface area (TPSA) is 71.1 Å². The molecule has 4 rings (SSSR count). The van der Waals surface area contributed by atoms with Crippen LogP contribution in [-0.4, -0.2) is 56.7 Å². The normalized spacial score (nSPS) is 17.4. The molecule has 2 aliphatic heterocycles. The van der Waals surface area contributed by atoms with Crippen LogP contribution in [0.1, 0.15) is 33.6 Å². The van der Waals surface area contributed by atoms with Gasteiger partial charge in [0, 0.05) is 49.6 Å². The molecule has 0 aromatic heterocycles. The van der Waals surface area contributed by atoms with Gasteiger partial charge in [0.2, 0.25) is 0 Å². The lowest BCUT2D eigenvalue weighted by Crippen LogP contribution is -2.67. The van der Waals surface area contributed by atoms with E-state index < -0.39 is 5.66 Å². The van der Waals surface area contributed by atoms with Crippen molar-refractivity contribution in [3.05, 3.63) is 52.5 Å². The van der Waals surface area contributed by atoms with Crippen molar-refractivity contribution in [1.29, 1.82) is 0 Å². The fourth-order valence-corrected chi connectivity index (χ4v) is 4.40. The molecule has 0 radical (unpaired) electrons. The average Bonchev–Trinajstić information content (AvgIpc) is 2.77. The molecule has 158 valence electrons. The van der Waals surface area contributed by atoms with Crippen LogP contribution in [0, 0.1) is 0 Å². The van der Waals surface area contributed by atoms with Crippen LogP contribution in [0.15, 0.2) is 36.4 Å². The van der Waals surface area contributed by atoms with E-state index in [2.05, 4.69) is 10.2 Å². The molecular weight excluding hydrogens is 406 g/mol. The van der Waals surface area contributed by atoms with Gasteiger partial charge in [0.15, 0.2) is 0 Å². The van der Waals surface area contributed by atoms with Crippen LogP contribution in [0.4, 0.5) is 5.69 Å². The van der Waals surface area contributed by atoms with Crippen molar-refractivity contribution in [3.8, 4) is 11.5 Å². The van der Waals surface area contributed by atoms with Gasteiger partial charge in [0.05, 0.1) is 25.5 Å². The van der Waals surface area contributed by atoms with Gasteiger partial charge >= 0.3 is 0 Å². The van der Waals surface area contributed by atoms with Crippen molar-refractivity contribution >= 4 is 29.1 Å². The summed E-state index contributed by atoms with van der Waals surface area (Å²) in [6.07, 6.45) is 1.23. The van der Waals surface area contributed by atoms with E-state index in [1.807, 2.05) is 13.1 Å². The number of fused-ring (bicyclic) bond motifs is 1. The number of nitrogens with zero attached hydrogens (tertiary/aromatic N) is 2. The van der Waals surface area contributed by atoms with Crippen LogP contribution < -0.4 is 19.7 Å². The second kappa shape index (κ2) is 7.72. The number of rotatable bonds is 3. The quantitative estimate of drug-likeness (QED) is 0.811. The molecule has 0 bridgehead atoms. The maximum Gasteiger partial charge on any atom is 0.255 e. The first-order valence-electron chi connectivity index (χ1n) is 9.75. The van der Waals surface area contributed by atoms with Crippen molar-refractivity contribution in [2.75, 3.05) is 39.3 Å². The average molecular weight is 430 g/mol. The van der Waals surface area contributed by atoms with Gasteiger partial charge in [-0.1, -0.05) is 11.6 Å². The number of hydrogen-bond acceptors (Lipinski definition) is 5. The molecule has 7 nitrogen and oxygen atoms in total. The Kier molecular flexibility index (Phi) is 5.24. The second-order valence-corrected chi connectivity index (χ2v) is 8.04. The Morgan fingerprint density at radius 2 is 1.70 bits per heavy atom. The van der Waals surface area contributed by atoms with E-state index in [0.29, 0.717) is 53.6 Å². The van der Waals surface area contributed by atoms with Crippen LogP contribution >= 0.6 is 11.6 Å². The first-order chi connectivity index (χ1) is 14.4. The zero-order valence-corrected chi connectivity index (χ0v) is 18.0. The highest BCUT2D eigenvalue weighted by atomic mass is 35.5. The number of ether oxygens (including phenoxy) is 2. The van der Waals surface area contributed by atoms with Gasteiger partial charge < -0.3 is 24.6 Å². The molecule has 2 heterocycles. The van der Waals surface area contributed by atoms with Gasteiger partial charge in [-0.2, -0.15) is 0 Å². The Bertz CT molecular complexity index is 980. The zero-order valence-electron chi connectivity index (χ0n) is 17.2. The summed E-state index contributed by atoms with van der Waals surface area (Å²) in [7, 11) is 5.08. The van der Waals surface area contributed by atoms with E-state index >= 15 is 0 Å². The predicted molar refractivity (Wildman–Crippen MR) is 115 cm³/mol. The van der Waals surface area contributed by atoms with Gasteiger partial charge in [-0.05, 0) is 30.3 Å². The zero-order chi connectivity index (χ0) is 21.5. The van der Waals surface area contributed by atoms with Gasteiger partial charge in [0.1, 0.15) is 17.2 Å². The Balaban J connectivity index is 1.53. The molecule has 1 saturated heterocycles. The van der Waals surface area contributed by atoms with E-state index in [1.54, 1.807) is 49.5 Å². The number of nitrogens with one attached hydrogen (secondary N) is 1. The van der Waals surface area contributed by atoms with Gasteiger partial charge in [-0.25, -0.2) is 0 Å². The third-order valence-electron chi connectivity index (χ3n) is 6.03. The lowest BCUT2D eigenvalue weighted by molar-refractivity contribution is 0.0608. The van der Waals surface area contributed by atoms with E-state index in [1.165, 1.54) is 0 Å². The summed E-state index contributed by atoms with van der Waals surface area (Å²) >= 11 is 6.06. The maximum absolute atomic E-state index is 13.1. The van der Waals surface area contributed by atoms with E-state index in [-0.39, 0.29) is 11.8 Å². The lowest BCUT2D eigenvalue weighted by Gasteiger charge is -2.51. The Labute approximate surface area is 180 Å². The number of benzene rings is 2. The minimum atomic E-state index is -0.527. The predicted octanol–water partition coefficient (Wildman–Crippen LogP) is 3.17. The summed E-state index contributed by atoms with van der Waals surface area (Å²) in [5.41, 5.74) is 1.40. The van der Waals surface area contributed by atoms with Crippen LogP contribution in [0.5, 0.6) is 11.5 Å². The lowest BCUT2D eigenvalue weighted by atomic mass is 9.90. The number of carbonyl (C=O) groups is 2. The van der Waals surface area contributed by atoms with Crippen LogP contribution in [0.3, 0.4) is 0 Å². The maximum atomic E-state index is 13.1. The minimum absolute atomic E-state index is 0.0842. The van der Waals surface area contributed by atoms with Crippen molar-refractivity contribution in [3.63, 3.8) is 0 Å². The smallest absolute Gasteiger partial charge is 0.255 e. The molecule has 1 N–H and O–H groups in total. The third kappa shape index (κ3) is 3.43. The second-order valence-electron chi connectivity index (χ2n) is 7.60. The summed E-state index contributed by atoms with van der Waals surface area (Å²) in [4.78, 5) is 29.7. The number of carbonyl (C=O) groups excluding carboxylic acids is 2. The Morgan fingerprint density at radius 1 is 1.07 bits per heavy atom. The summed E-state index contributed by atoms with van der Waals surface area (Å²) in [6, 6.07) is 10.5. The van der Waals surface area contributed by atoms with Gasteiger partial charge in [0.25, 0.3) is 11.8 Å². The van der Waals surface area contributed by atoms with Crippen molar-refractivity contribution in [2.45, 2.75) is 18.5 Å². The molecule has 0 atom stereocenters. The molecule has 2 aromatic carbocycles. The van der Waals surface area contributed by atoms with Crippen LogP contribution in [-0.2, 0) is 0 Å². The van der Waals surface area contributed by atoms with Crippen molar-refractivity contribution in [1.82, 2.24) is 10.2 Å². The molecule has 2 aromatic rings. The third-order valence-corrected chi connectivity index (χ3v) is 6.26. The number of hydrogen-bond donors (Lipinski definition) is 1. The number of piperidine rings is 1. The molecule has 0 aliphatic carbocycles. The molecule has 0 unspecified atom stereocenters. The molecular formula is C22H24ClN3O4. The Morgan fingerprint density at radius 3 is 2.30 bits per heavy atom. The van der Waals surface area contributed by atoms with E-state index in [4.69, 9.17) is 21.1 Å². The van der Waals surface area contributed by atoms with Crippen LogP contribution in [0.2, 0.25) is 5.02 Å². The molecule has 1 spiro atoms. The molecule has 2 aliphatic rings. The number of amides is 2. The number of anilines is 1. The van der Waals surface area contributed by atoms with Gasteiger partial charge in [-0.15, -0.1) is 0 Å². The first-order valence-corrected chi connectivity index (χ1v) is 10.1. The molecule has 2 amide bonds. The summed E-state index contributed by atoms with van der Waals surface area (Å²) < 4.78 is 10.6. The minimum Gasteiger partial charge on any atom is -0.497 e. The van der Waals surface area contributed by atoms with Crippen LogP contribution in [0.25, 0.3) is 0 Å². The largest absolute Gasteiger partial charge is 0.497 e. The summed E-state index contributed by atoms with van der Waals surface area (Å²) in [6.45, 7) is 1.04. The fraction of sp³-hybridized carbons (Fsp3) is 0.364. The van der Waals surface area contributed by atoms with E-state index in [9.17, 15) is 9.59 Å². The summed E-state index contributed by atoms with van der Waals surface area (Å²) in [5.74, 6) is 0.920. The standard InChI is InChI=1S/C22H24ClN3O4/c1-25-19-5-4-15(23)12-18(19)20(27)24-22(25)6-8-26(9-7-22)21(28)14-10-16(29-2)13-17(11-14)30-3/h4-5,10-13H,6-9H2,1-3H3,(H,24,27). The SMILES string of the molecule is COc1cc(OC)cc(C(=O)N2CCC3(CC2)NC(=O)c2cc(Cl)ccc2N3C)c1. The Hall–Kier alpha value is -2.93. The number of halogens is 1. The van der Waals surface area contributed by atoms with E-state index in [0.717, 1.165) is 5.69 Å². The highest BCUT2D eigenvalue weighted by Crippen LogP contribution is 2.37. The summed E-state index contributed by atoms with van der Waals surface area (Å²) in [5, 5.41) is 3.68. The van der Waals surface area contributed by atoms with Gasteiger partial charge in [-0.3, -0.25) is 9.59 Å².